The van der Waals surface area contributed by atoms with Crippen LogP contribution in [0.15, 0.2) is 12.1 Å². The Morgan fingerprint density at radius 1 is 1.38 bits per heavy atom. The molecule has 1 aromatic carbocycles. The minimum atomic E-state index is -0.961. The number of ketones is 1. The van der Waals surface area contributed by atoms with Crippen LogP contribution in [0.3, 0.4) is 0 Å². The lowest BCUT2D eigenvalue weighted by atomic mass is 9.45. The molecule has 2 heterocycles. The molecule has 5 rings (SSSR count). The Balaban J connectivity index is 1.92. The van der Waals surface area contributed by atoms with Crippen LogP contribution >= 0.6 is 0 Å². The number of carbonyl (C=O) groups is 1. The van der Waals surface area contributed by atoms with Gasteiger partial charge in [-0.2, -0.15) is 0 Å². The van der Waals surface area contributed by atoms with Crippen LogP contribution in [-0.4, -0.2) is 53.7 Å². The first-order valence-corrected chi connectivity index (χ1v) is 8.74. The smallest absolute Gasteiger partial charge is 0.177 e. The largest absolute Gasteiger partial charge is 0.504 e. The van der Waals surface area contributed by atoms with Crippen LogP contribution in [0.5, 0.6) is 11.5 Å². The van der Waals surface area contributed by atoms with Gasteiger partial charge in [0.2, 0.25) is 0 Å². The molecule has 2 bridgehead atoms. The van der Waals surface area contributed by atoms with Gasteiger partial charge in [0.25, 0.3) is 0 Å². The average Bonchev–Trinajstić information content (AvgIpc) is 2.85. The Bertz CT molecular complexity index is 777. The zero-order chi connectivity index (χ0) is 16.9. The van der Waals surface area contributed by atoms with Crippen LogP contribution < -0.4 is 4.74 Å². The molecule has 0 amide bonds. The van der Waals surface area contributed by atoms with Crippen molar-refractivity contribution in [1.82, 2.24) is 4.90 Å². The first-order chi connectivity index (χ1) is 11.4. The van der Waals surface area contributed by atoms with E-state index in [1.165, 1.54) is 5.56 Å². The Hall–Kier alpha value is -1.59. The molecule has 1 unspecified atom stereocenters. The van der Waals surface area contributed by atoms with E-state index in [4.69, 9.17) is 9.47 Å². The van der Waals surface area contributed by atoms with E-state index >= 15 is 0 Å². The predicted molar refractivity (Wildman–Crippen MR) is 87.5 cm³/mol. The molecule has 4 aliphatic rings. The van der Waals surface area contributed by atoms with Crippen LogP contribution in [0, 0.1) is 0 Å². The molecule has 0 radical (unpaired) electrons. The van der Waals surface area contributed by atoms with Crippen LogP contribution in [0.2, 0.25) is 0 Å². The summed E-state index contributed by atoms with van der Waals surface area (Å²) < 4.78 is 12.5. The van der Waals surface area contributed by atoms with Crippen LogP contribution in [-0.2, 0) is 21.4 Å². The molecule has 1 saturated carbocycles. The van der Waals surface area contributed by atoms with Gasteiger partial charge in [0.1, 0.15) is 0 Å². The van der Waals surface area contributed by atoms with Crippen molar-refractivity contribution in [2.75, 3.05) is 20.7 Å². The number of Topliss-reactive ketones (excluding diaryl/α,β-unsaturated/α-hetero) is 1. The van der Waals surface area contributed by atoms with Crippen LogP contribution in [0.4, 0.5) is 0 Å². The first kappa shape index (κ1) is 14.7. The van der Waals surface area contributed by atoms with Gasteiger partial charge in [-0.05, 0) is 51.4 Å². The zero-order valence-corrected chi connectivity index (χ0v) is 14.4. The summed E-state index contributed by atoms with van der Waals surface area (Å²) in [5.74, 6) is 0.769. The maximum Gasteiger partial charge on any atom is 0.177 e. The summed E-state index contributed by atoms with van der Waals surface area (Å²) in [6.45, 7) is 2.82. The number of ether oxygens (including phenoxy) is 2. The maximum absolute atomic E-state index is 13.0. The third-order valence-corrected chi connectivity index (χ3v) is 7.44. The van der Waals surface area contributed by atoms with Gasteiger partial charge >= 0.3 is 0 Å². The van der Waals surface area contributed by atoms with Crippen molar-refractivity contribution in [1.29, 1.82) is 0 Å². The molecule has 1 N–H and O–H groups in total. The molecule has 2 aliphatic heterocycles. The van der Waals surface area contributed by atoms with Gasteiger partial charge in [0.05, 0.1) is 11.0 Å². The third kappa shape index (κ3) is 1.22. The predicted octanol–water partition coefficient (Wildman–Crippen LogP) is 1.79. The number of rotatable bonds is 1. The minimum Gasteiger partial charge on any atom is -0.504 e. The SMILES string of the molecule is CO[C@@]12CCC(=O)[C@]3(C)Oc4c(O)ccc5c4[C@@]31CCN(C)C2C5. The number of phenols is 1. The number of aromatic hydroxyl groups is 1. The van der Waals surface area contributed by atoms with Crippen molar-refractivity contribution in [3.8, 4) is 11.5 Å². The number of hydrogen-bond acceptors (Lipinski definition) is 5. The monoisotopic (exact) mass is 329 g/mol. The van der Waals surface area contributed by atoms with Crippen molar-refractivity contribution in [2.24, 2.45) is 0 Å². The normalized spacial score (nSPS) is 42.6. The number of nitrogens with zero attached hydrogens (tertiary/aromatic N) is 1. The van der Waals surface area contributed by atoms with E-state index in [9.17, 15) is 9.90 Å². The third-order valence-electron chi connectivity index (χ3n) is 7.44. The second kappa shape index (κ2) is 4.14. The Morgan fingerprint density at radius 2 is 2.17 bits per heavy atom. The Kier molecular flexibility index (Phi) is 2.54. The van der Waals surface area contributed by atoms with E-state index in [0.717, 1.165) is 24.9 Å². The molecule has 128 valence electrons. The van der Waals surface area contributed by atoms with E-state index < -0.39 is 16.6 Å². The highest BCUT2D eigenvalue weighted by Gasteiger charge is 2.78. The number of carbonyl (C=O) groups excluding carboxylic acids is 1. The second-order valence-electron chi connectivity index (χ2n) is 7.96. The molecule has 5 heteroatoms. The summed E-state index contributed by atoms with van der Waals surface area (Å²) in [5, 5.41) is 10.4. The zero-order valence-electron chi connectivity index (χ0n) is 14.4. The number of likely N-dealkylation sites (tertiary alicyclic amines) is 1. The fourth-order valence-electron chi connectivity index (χ4n) is 6.37. The number of phenolic OH excluding ortho intramolecular Hbond substituents is 1. The maximum atomic E-state index is 13.0. The lowest BCUT2D eigenvalue weighted by Crippen LogP contribution is -2.80. The summed E-state index contributed by atoms with van der Waals surface area (Å²) in [6.07, 6.45) is 2.84. The molecule has 1 saturated heterocycles. The van der Waals surface area contributed by atoms with Gasteiger partial charge in [-0.3, -0.25) is 4.79 Å². The lowest BCUT2D eigenvalue weighted by molar-refractivity contribution is -0.217. The number of benzene rings is 1. The van der Waals surface area contributed by atoms with E-state index in [2.05, 4.69) is 11.9 Å². The fourth-order valence-corrected chi connectivity index (χ4v) is 6.37. The van der Waals surface area contributed by atoms with Crippen molar-refractivity contribution in [2.45, 2.75) is 55.3 Å². The van der Waals surface area contributed by atoms with Crippen LogP contribution in [0.1, 0.15) is 37.3 Å². The highest BCUT2D eigenvalue weighted by molar-refractivity contribution is 5.94. The molecule has 2 fully saturated rings. The fraction of sp³-hybridized carbons (Fsp3) is 0.632. The summed E-state index contributed by atoms with van der Waals surface area (Å²) in [4.78, 5) is 15.4. The highest BCUT2D eigenvalue weighted by Crippen LogP contribution is 2.69. The summed E-state index contributed by atoms with van der Waals surface area (Å²) in [6, 6.07) is 3.91. The molecule has 0 aromatic heterocycles. The molecule has 24 heavy (non-hydrogen) atoms. The van der Waals surface area contributed by atoms with Crippen molar-refractivity contribution < 1.29 is 19.4 Å². The van der Waals surface area contributed by atoms with Crippen LogP contribution in [0.25, 0.3) is 0 Å². The van der Waals surface area contributed by atoms with E-state index in [1.807, 2.05) is 13.0 Å². The van der Waals surface area contributed by atoms with Gasteiger partial charge in [-0.25, -0.2) is 0 Å². The van der Waals surface area contributed by atoms with Crippen molar-refractivity contribution >= 4 is 5.78 Å². The molecule has 4 atom stereocenters. The molecular weight excluding hydrogens is 306 g/mol. The molecule has 5 nitrogen and oxygen atoms in total. The summed E-state index contributed by atoms with van der Waals surface area (Å²) in [5.41, 5.74) is 0.295. The van der Waals surface area contributed by atoms with E-state index in [1.54, 1.807) is 13.2 Å². The molecule has 1 spiro atoms. The highest BCUT2D eigenvalue weighted by atomic mass is 16.5. The van der Waals surface area contributed by atoms with Gasteiger partial charge in [-0.15, -0.1) is 0 Å². The van der Waals surface area contributed by atoms with Gasteiger partial charge < -0.3 is 19.5 Å². The van der Waals surface area contributed by atoms with Crippen molar-refractivity contribution in [3.05, 3.63) is 23.3 Å². The summed E-state index contributed by atoms with van der Waals surface area (Å²) in [7, 11) is 3.92. The quantitative estimate of drug-likeness (QED) is 0.851. The minimum absolute atomic E-state index is 0.127. The van der Waals surface area contributed by atoms with E-state index in [0.29, 0.717) is 18.6 Å². The number of hydrogen-bond donors (Lipinski definition) is 1. The topological polar surface area (TPSA) is 59.0 Å². The Morgan fingerprint density at radius 3 is 2.92 bits per heavy atom. The van der Waals surface area contributed by atoms with Crippen molar-refractivity contribution in [3.63, 3.8) is 0 Å². The standard InChI is InChI=1S/C19H23NO4/c1-17-14(22)6-7-19(23-3)13-10-11-4-5-12(21)16(24-17)15(11)18(17,19)8-9-20(13)2/h4-5,13,21H,6-10H2,1-3H3/t13?,17-,18-,19+/m0/s1. The van der Waals surface area contributed by atoms with Gasteiger partial charge in [0.15, 0.2) is 22.9 Å². The molecular formula is C19H23NO4. The average molecular weight is 329 g/mol. The lowest BCUT2D eigenvalue weighted by Gasteiger charge is -2.66. The first-order valence-electron chi connectivity index (χ1n) is 8.74. The number of likely N-dealkylation sites (N-methyl/N-ethyl adjacent to an activating group) is 1. The second-order valence-corrected chi connectivity index (χ2v) is 7.96. The molecule has 1 aromatic rings. The summed E-state index contributed by atoms with van der Waals surface area (Å²) >= 11 is 0. The van der Waals surface area contributed by atoms with E-state index in [-0.39, 0.29) is 17.6 Å². The molecule has 2 aliphatic carbocycles. The Labute approximate surface area is 141 Å². The van der Waals surface area contributed by atoms with Gasteiger partial charge in [-0.1, -0.05) is 6.07 Å². The number of piperidine rings is 1. The van der Waals surface area contributed by atoms with Gasteiger partial charge in [0, 0.05) is 25.1 Å². The number of methoxy groups -OCH3 is 1.